The third kappa shape index (κ3) is 2.05. The molecule has 0 bridgehead atoms. The Bertz CT molecular complexity index is 149. The van der Waals surface area contributed by atoms with Crippen LogP contribution in [-0.2, 0) is 13.6 Å². The van der Waals surface area contributed by atoms with Crippen molar-refractivity contribution in [2.24, 2.45) is 0 Å². The Balaban J connectivity index is 2.51. The van der Waals surface area contributed by atoms with E-state index in [1.54, 1.807) is 6.92 Å². The van der Waals surface area contributed by atoms with E-state index >= 15 is 0 Å². The van der Waals surface area contributed by atoms with Crippen molar-refractivity contribution in [2.45, 2.75) is 19.4 Å². The first-order valence-electron chi connectivity index (χ1n) is 2.73. The molecule has 0 aromatic carbocycles. The minimum absolute atomic E-state index is 0.189. The summed E-state index contributed by atoms with van der Waals surface area (Å²) >= 11 is 0. The van der Waals surface area contributed by atoms with Crippen LogP contribution in [0.1, 0.15) is 13.3 Å². The molecule has 0 N–H and O–H groups in total. The minimum atomic E-state index is -4.14. The molecule has 1 saturated heterocycles. The molecular formula is C4H8FO3P. The lowest BCUT2D eigenvalue weighted by Gasteiger charge is -2.20. The largest absolute Gasteiger partial charge is 0.513 e. The first kappa shape index (κ1) is 7.19. The molecule has 0 aromatic rings. The van der Waals surface area contributed by atoms with E-state index in [1.807, 2.05) is 0 Å². The average Bonchev–Trinajstić information content (AvgIpc) is 1.60. The molecule has 2 atom stereocenters. The van der Waals surface area contributed by atoms with Gasteiger partial charge in [0.05, 0.1) is 12.7 Å². The van der Waals surface area contributed by atoms with E-state index in [0.717, 1.165) is 0 Å². The van der Waals surface area contributed by atoms with Gasteiger partial charge in [0.2, 0.25) is 0 Å². The van der Waals surface area contributed by atoms with Crippen LogP contribution in [0.25, 0.3) is 0 Å². The van der Waals surface area contributed by atoms with Crippen molar-refractivity contribution in [2.75, 3.05) is 6.61 Å². The zero-order chi connectivity index (χ0) is 6.91. The smallest absolute Gasteiger partial charge is 0.283 e. The predicted octanol–water partition coefficient (Wildman–Crippen LogP) is 1.89. The zero-order valence-electron chi connectivity index (χ0n) is 5.04. The van der Waals surface area contributed by atoms with Crippen molar-refractivity contribution >= 4 is 7.91 Å². The van der Waals surface area contributed by atoms with E-state index in [-0.39, 0.29) is 12.7 Å². The molecule has 1 aliphatic rings. The molecule has 0 aliphatic carbocycles. The summed E-state index contributed by atoms with van der Waals surface area (Å²) in [7, 11) is -4.14. The number of hydrogen-bond donors (Lipinski definition) is 0. The fourth-order valence-electron chi connectivity index (χ4n) is 0.626. The van der Waals surface area contributed by atoms with E-state index < -0.39 is 7.91 Å². The molecule has 0 aromatic heterocycles. The fourth-order valence-corrected chi connectivity index (χ4v) is 1.55. The number of hydrogen-bond acceptors (Lipinski definition) is 3. The van der Waals surface area contributed by atoms with E-state index in [1.165, 1.54) is 0 Å². The predicted molar refractivity (Wildman–Crippen MR) is 29.8 cm³/mol. The molecule has 9 heavy (non-hydrogen) atoms. The highest BCUT2D eigenvalue weighted by Gasteiger charge is 2.31. The maximum Gasteiger partial charge on any atom is 0.513 e. The van der Waals surface area contributed by atoms with Gasteiger partial charge < -0.3 is 0 Å². The molecular weight excluding hydrogens is 146 g/mol. The van der Waals surface area contributed by atoms with Gasteiger partial charge in [-0.1, -0.05) is 0 Å². The Labute approximate surface area is 52.8 Å². The average molecular weight is 154 g/mol. The van der Waals surface area contributed by atoms with Gasteiger partial charge in [-0.3, -0.25) is 9.05 Å². The highest BCUT2D eigenvalue weighted by atomic mass is 31.2. The van der Waals surface area contributed by atoms with Gasteiger partial charge >= 0.3 is 7.91 Å². The van der Waals surface area contributed by atoms with Crippen molar-refractivity contribution in [3.63, 3.8) is 0 Å². The summed E-state index contributed by atoms with van der Waals surface area (Å²) in [5.41, 5.74) is 0. The minimum Gasteiger partial charge on any atom is -0.283 e. The molecule has 1 heterocycles. The first-order valence-corrected chi connectivity index (χ1v) is 4.16. The molecule has 0 spiro atoms. The van der Waals surface area contributed by atoms with Crippen LogP contribution in [0.15, 0.2) is 0 Å². The lowest BCUT2D eigenvalue weighted by molar-refractivity contribution is 0.0724. The van der Waals surface area contributed by atoms with Crippen LogP contribution in [-0.4, -0.2) is 12.7 Å². The van der Waals surface area contributed by atoms with Crippen LogP contribution in [0.2, 0.25) is 0 Å². The highest BCUT2D eigenvalue weighted by molar-refractivity contribution is 7.48. The summed E-state index contributed by atoms with van der Waals surface area (Å²) in [6.45, 7) is 1.85. The fraction of sp³-hybridized carbons (Fsp3) is 1.00. The van der Waals surface area contributed by atoms with Crippen molar-refractivity contribution < 1.29 is 17.8 Å². The summed E-state index contributed by atoms with van der Waals surface area (Å²) in [6, 6.07) is 0. The number of halogens is 1. The normalized spacial score (nSPS) is 44.9. The molecule has 5 heteroatoms. The molecule has 1 fully saturated rings. The van der Waals surface area contributed by atoms with Crippen molar-refractivity contribution in [3.05, 3.63) is 0 Å². The summed E-state index contributed by atoms with van der Waals surface area (Å²) < 4.78 is 31.1. The van der Waals surface area contributed by atoms with Crippen LogP contribution >= 0.6 is 7.91 Å². The Hall–Kier alpha value is 0.0800. The van der Waals surface area contributed by atoms with Crippen LogP contribution in [0, 0.1) is 0 Å². The van der Waals surface area contributed by atoms with Crippen LogP contribution < -0.4 is 0 Å². The van der Waals surface area contributed by atoms with Gasteiger partial charge in [-0.25, -0.2) is 4.57 Å². The monoisotopic (exact) mass is 154 g/mol. The van der Waals surface area contributed by atoms with Gasteiger partial charge in [0.25, 0.3) is 0 Å². The quantitative estimate of drug-likeness (QED) is 0.500. The molecule has 0 saturated carbocycles. The van der Waals surface area contributed by atoms with Crippen molar-refractivity contribution in [1.82, 2.24) is 0 Å². The Morgan fingerprint density at radius 1 is 1.78 bits per heavy atom. The van der Waals surface area contributed by atoms with Gasteiger partial charge in [0.15, 0.2) is 0 Å². The van der Waals surface area contributed by atoms with Crippen molar-refractivity contribution in [3.8, 4) is 0 Å². The topological polar surface area (TPSA) is 35.5 Å². The lowest BCUT2D eigenvalue weighted by atomic mass is 10.3. The van der Waals surface area contributed by atoms with Crippen LogP contribution in [0.3, 0.4) is 0 Å². The van der Waals surface area contributed by atoms with Gasteiger partial charge in [-0.05, 0) is 13.3 Å². The summed E-state index contributed by atoms with van der Waals surface area (Å²) in [4.78, 5) is 0. The molecule has 3 nitrogen and oxygen atoms in total. The summed E-state index contributed by atoms with van der Waals surface area (Å²) in [5.74, 6) is 0. The molecule has 54 valence electrons. The molecule has 0 unspecified atom stereocenters. The molecule has 0 radical (unpaired) electrons. The second-order valence-electron chi connectivity index (χ2n) is 1.97. The Morgan fingerprint density at radius 3 is 2.78 bits per heavy atom. The summed E-state index contributed by atoms with van der Waals surface area (Å²) in [5, 5.41) is 0. The second kappa shape index (κ2) is 2.37. The maximum atomic E-state index is 12.2. The third-order valence-electron chi connectivity index (χ3n) is 1.08. The lowest BCUT2D eigenvalue weighted by Crippen LogP contribution is -2.14. The Kier molecular flexibility index (Phi) is 1.89. The van der Waals surface area contributed by atoms with E-state index in [4.69, 9.17) is 0 Å². The Morgan fingerprint density at radius 2 is 2.44 bits per heavy atom. The van der Waals surface area contributed by atoms with Gasteiger partial charge in [0.1, 0.15) is 0 Å². The van der Waals surface area contributed by atoms with Gasteiger partial charge in [-0.15, -0.1) is 4.20 Å². The van der Waals surface area contributed by atoms with Crippen LogP contribution in [0.4, 0.5) is 4.20 Å². The van der Waals surface area contributed by atoms with E-state index in [9.17, 15) is 8.76 Å². The zero-order valence-corrected chi connectivity index (χ0v) is 5.94. The summed E-state index contributed by atoms with van der Waals surface area (Å²) in [6.07, 6.45) is 0.322. The third-order valence-corrected chi connectivity index (χ3v) is 2.18. The molecule has 1 rings (SSSR count). The van der Waals surface area contributed by atoms with E-state index in [0.29, 0.717) is 6.42 Å². The highest BCUT2D eigenvalue weighted by Crippen LogP contribution is 2.53. The SMILES string of the molecule is C[C@@H]1CCO[P@](=O)(F)O1. The van der Waals surface area contributed by atoms with Gasteiger partial charge in [-0.2, -0.15) is 0 Å². The maximum absolute atomic E-state index is 12.2. The van der Waals surface area contributed by atoms with Crippen LogP contribution in [0.5, 0.6) is 0 Å². The second-order valence-corrected chi connectivity index (χ2v) is 3.30. The van der Waals surface area contributed by atoms with Crippen molar-refractivity contribution in [1.29, 1.82) is 0 Å². The molecule has 1 aliphatic heterocycles. The standard InChI is InChI=1S/C4H8FO3P/c1-4-2-3-7-9(5,6)8-4/h4H,2-3H2,1H3/t4-,9-/m1/s1. The number of rotatable bonds is 0. The molecule has 0 amide bonds. The first-order chi connectivity index (χ1) is 4.10. The van der Waals surface area contributed by atoms with Gasteiger partial charge in [0, 0.05) is 0 Å². The van der Waals surface area contributed by atoms with E-state index in [2.05, 4.69) is 9.05 Å².